The molecule has 1 atom stereocenters. The van der Waals surface area contributed by atoms with Gasteiger partial charge in [-0.1, -0.05) is 19.8 Å². The molecule has 1 aliphatic carbocycles. The van der Waals surface area contributed by atoms with Crippen molar-refractivity contribution in [2.75, 3.05) is 0 Å². The molecular formula is C18H18FNO2. The van der Waals surface area contributed by atoms with E-state index < -0.39 is 0 Å². The fourth-order valence-electron chi connectivity index (χ4n) is 2.40. The Morgan fingerprint density at radius 1 is 1.45 bits per heavy atom. The predicted molar refractivity (Wildman–Crippen MR) is 84.4 cm³/mol. The Morgan fingerprint density at radius 2 is 2.23 bits per heavy atom. The lowest BCUT2D eigenvalue weighted by molar-refractivity contribution is 0.506. The van der Waals surface area contributed by atoms with E-state index in [1.54, 1.807) is 6.07 Å². The first-order valence-electron chi connectivity index (χ1n) is 7.63. The van der Waals surface area contributed by atoms with Crippen LogP contribution in [0.25, 0.3) is 10.9 Å². The van der Waals surface area contributed by atoms with E-state index in [-0.39, 0.29) is 17.3 Å². The normalized spacial score (nSPS) is 15.2. The molecule has 1 fully saturated rings. The number of fused-ring (bicyclic) bond motifs is 1. The minimum atomic E-state index is -0.366. The van der Waals surface area contributed by atoms with Gasteiger partial charge in [0.15, 0.2) is 5.75 Å². The van der Waals surface area contributed by atoms with E-state index in [1.807, 2.05) is 13.8 Å². The Kier molecular flexibility index (Phi) is 3.89. The molecule has 114 valence electrons. The Labute approximate surface area is 128 Å². The zero-order valence-electron chi connectivity index (χ0n) is 12.7. The summed E-state index contributed by atoms with van der Waals surface area (Å²) >= 11 is 0. The van der Waals surface area contributed by atoms with Crippen LogP contribution in [0.5, 0.6) is 5.75 Å². The summed E-state index contributed by atoms with van der Waals surface area (Å²) in [5, 5.41) is 0.556. The Balaban J connectivity index is 2.19. The van der Waals surface area contributed by atoms with Crippen molar-refractivity contribution in [1.82, 2.24) is 4.98 Å². The molecule has 1 saturated carbocycles. The number of aromatic nitrogens is 1. The number of benzene rings is 1. The van der Waals surface area contributed by atoms with E-state index in [2.05, 4.69) is 17.0 Å². The maximum Gasteiger partial charge on any atom is 0.255 e. The number of nitrogens with one attached hydrogen (secondary N) is 1. The van der Waals surface area contributed by atoms with Crippen molar-refractivity contribution in [2.45, 2.75) is 39.0 Å². The van der Waals surface area contributed by atoms with Crippen LogP contribution in [-0.4, -0.2) is 4.98 Å². The molecule has 2 aromatic rings. The maximum atomic E-state index is 13.6. The molecular weight excluding hydrogens is 281 g/mol. The number of pyridine rings is 1. The molecule has 1 N–H and O–H groups in total. The first-order valence-corrected chi connectivity index (χ1v) is 7.63. The molecule has 1 aromatic carbocycles. The van der Waals surface area contributed by atoms with Gasteiger partial charge in [-0.05, 0) is 43.4 Å². The standard InChI is InChI=1S/C18H18FNO2/c1-3-11(2)16-17(22-9-8-12-4-5-12)14-10-13(19)6-7-15(14)20-18(16)21/h6-7,10-12H,3-5H2,1-2H3,(H,20,21). The lowest BCUT2D eigenvalue weighted by Crippen LogP contribution is -2.16. The molecule has 0 bridgehead atoms. The highest BCUT2D eigenvalue weighted by Gasteiger charge is 2.20. The van der Waals surface area contributed by atoms with Crippen LogP contribution < -0.4 is 10.3 Å². The molecule has 0 radical (unpaired) electrons. The maximum absolute atomic E-state index is 13.6. The molecule has 0 amide bonds. The summed E-state index contributed by atoms with van der Waals surface area (Å²) in [5.41, 5.74) is 0.893. The molecule has 1 aliphatic rings. The summed E-state index contributed by atoms with van der Waals surface area (Å²) in [6.45, 7) is 3.95. The number of H-pyrrole nitrogens is 1. The Hall–Kier alpha value is -2.28. The summed E-state index contributed by atoms with van der Waals surface area (Å²) in [7, 11) is 0. The van der Waals surface area contributed by atoms with Crippen LogP contribution in [0.4, 0.5) is 4.39 Å². The van der Waals surface area contributed by atoms with E-state index in [1.165, 1.54) is 12.1 Å². The topological polar surface area (TPSA) is 42.1 Å². The molecule has 0 spiro atoms. The zero-order valence-corrected chi connectivity index (χ0v) is 12.7. The highest BCUT2D eigenvalue weighted by Crippen LogP contribution is 2.33. The average molecular weight is 299 g/mol. The van der Waals surface area contributed by atoms with Crippen LogP contribution in [0.3, 0.4) is 0 Å². The highest BCUT2D eigenvalue weighted by atomic mass is 19.1. The Bertz CT molecular complexity index is 825. The van der Waals surface area contributed by atoms with Crippen LogP contribution in [0.15, 0.2) is 23.0 Å². The van der Waals surface area contributed by atoms with Crippen LogP contribution in [0, 0.1) is 23.8 Å². The quantitative estimate of drug-likeness (QED) is 0.873. The van der Waals surface area contributed by atoms with Gasteiger partial charge < -0.3 is 9.72 Å². The van der Waals surface area contributed by atoms with E-state index in [4.69, 9.17) is 4.74 Å². The van der Waals surface area contributed by atoms with Gasteiger partial charge in [0.1, 0.15) is 11.9 Å². The minimum Gasteiger partial charge on any atom is -0.406 e. The molecule has 0 saturated heterocycles. The summed E-state index contributed by atoms with van der Waals surface area (Å²) in [6, 6.07) is 4.25. The number of hydrogen-bond acceptors (Lipinski definition) is 2. The number of rotatable bonds is 3. The third-order valence-electron chi connectivity index (χ3n) is 4.06. The van der Waals surface area contributed by atoms with Crippen LogP contribution in [-0.2, 0) is 0 Å². The van der Waals surface area contributed by atoms with E-state index in [9.17, 15) is 9.18 Å². The number of hydrogen-bond donors (Lipinski definition) is 1. The number of halogens is 1. The van der Waals surface area contributed by atoms with Crippen molar-refractivity contribution in [1.29, 1.82) is 0 Å². The Morgan fingerprint density at radius 3 is 2.91 bits per heavy atom. The van der Waals surface area contributed by atoms with Gasteiger partial charge in [0.2, 0.25) is 0 Å². The number of aromatic amines is 1. The zero-order chi connectivity index (χ0) is 15.7. The molecule has 1 heterocycles. The third-order valence-corrected chi connectivity index (χ3v) is 4.06. The molecule has 3 rings (SSSR count). The number of ether oxygens (including phenoxy) is 1. The summed E-state index contributed by atoms with van der Waals surface area (Å²) in [5.74, 6) is 3.44. The minimum absolute atomic E-state index is 0.00847. The largest absolute Gasteiger partial charge is 0.406 e. The van der Waals surface area contributed by atoms with Crippen LogP contribution in [0.2, 0.25) is 0 Å². The van der Waals surface area contributed by atoms with Gasteiger partial charge in [-0.2, -0.15) is 0 Å². The molecule has 1 unspecified atom stereocenters. The second kappa shape index (κ2) is 5.84. The smallest absolute Gasteiger partial charge is 0.255 e. The summed E-state index contributed by atoms with van der Waals surface area (Å²) in [4.78, 5) is 15.2. The van der Waals surface area contributed by atoms with Gasteiger partial charge >= 0.3 is 0 Å². The lowest BCUT2D eigenvalue weighted by Gasteiger charge is -2.14. The van der Waals surface area contributed by atoms with Crippen LogP contribution >= 0.6 is 0 Å². The van der Waals surface area contributed by atoms with E-state index in [0.717, 1.165) is 19.3 Å². The first kappa shape index (κ1) is 14.6. The highest BCUT2D eigenvalue weighted by molar-refractivity contribution is 5.86. The summed E-state index contributed by atoms with van der Waals surface area (Å²) < 4.78 is 19.2. The summed E-state index contributed by atoms with van der Waals surface area (Å²) in [6.07, 6.45) is 5.68. The average Bonchev–Trinajstić information content (AvgIpc) is 3.31. The van der Waals surface area contributed by atoms with Crippen molar-refractivity contribution >= 4 is 10.9 Å². The molecule has 4 heteroatoms. The second-order valence-corrected chi connectivity index (χ2v) is 5.82. The third kappa shape index (κ3) is 2.85. The van der Waals surface area contributed by atoms with Gasteiger partial charge in [0.05, 0.1) is 11.1 Å². The molecule has 22 heavy (non-hydrogen) atoms. The van der Waals surface area contributed by atoms with Crippen molar-refractivity contribution in [3.8, 4) is 17.8 Å². The van der Waals surface area contributed by atoms with Gasteiger partial charge in [-0.3, -0.25) is 4.79 Å². The fourth-order valence-corrected chi connectivity index (χ4v) is 2.40. The lowest BCUT2D eigenvalue weighted by atomic mass is 9.97. The second-order valence-electron chi connectivity index (χ2n) is 5.82. The van der Waals surface area contributed by atoms with Gasteiger partial charge in [0, 0.05) is 11.3 Å². The van der Waals surface area contributed by atoms with E-state index in [0.29, 0.717) is 28.1 Å². The first-order chi connectivity index (χ1) is 10.6. The van der Waals surface area contributed by atoms with Crippen molar-refractivity contribution < 1.29 is 9.13 Å². The SMILES string of the molecule is CCC(C)c1c(OC#CC2CC2)c2cc(F)ccc2[nH]c1=O. The predicted octanol–water partition coefficient (Wildman–Crippen LogP) is 3.93. The van der Waals surface area contributed by atoms with E-state index >= 15 is 0 Å². The molecule has 0 aliphatic heterocycles. The fraction of sp³-hybridized carbons (Fsp3) is 0.389. The van der Waals surface area contributed by atoms with Crippen molar-refractivity contribution in [3.05, 3.63) is 39.9 Å². The van der Waals surface area contributed by atoms with Crippen molar-refractivity contribution in [2.24, 2.45) is 5.92 Å². The molecule has 1 aromatic heterocycles. The van der Waals surface area contributed by atoms with Gasteiger partial charge in [-0.15, -0.1) is 0 Å². The van der Waals surface area contributed by atoms with Crippen molar-refractivity contribution in [3.63, 3.8) is 0 Å². The van der Waals surface area contributed by atoms with Crippen LogP contribution in [0.1, 0.15) is 44.6 Å². The monoisotopic (exact) mass is 299 g/mol. The van der Waals surface area contributed by atoms with Gasteiger partial charge in [0.25, 0.3) is 5.56 Å². The van der Waals surface area contributed by atoms with Gasteiger partial charge in [-0.25, -0.2) is 4.39 Å². The molecule has 3 nitrogen and oxygen atoms in total.